The van der Waals surface area contributed by atoms with Crippen molar-refractivity contribution in [2.45, 2.75) is 25.8 Å². The third-order valence-electron chi connectivity index (χ3n) is 3.39. The Kier molecular flexibility index (Phi) is 6.83. The van der Waals surface area contributed by atoms with Gasteiger partial charge in [0.2, 0.25) is 0 Å². The van der Waals surface area contributed by atoms with Crippen LogP contribution in [0.1, 0.15) is 24.7 Å². The van der Waals surface area contributed by atoms with E-state index in [9.17, 15) is 9.59 Å². The van der Waals surface area contributed by atoms with Crippen molar-refractivity contribution in [1.82, 2.24) is 5.32 Å². The highest BCUT2D eigenvalue weighted by atomic mass is 16.5. The maximum absolute atomic E-state index is 11.8. The van der Waals surface area contributed by atoms with Crippen molar-refractivity contribution >= 4 is 18.0 Å². The zero-order valence-corrected chi connectivity index (χ0v) is 13.6. The normalized spacial score (nSPS) is 12.0. The molecule has 0 saturated carbocycles. The van der Waals surface area contributed by atoms with Gasteiger partial charge in [-0.3, -0.25) is 4.79 Å². The summed E-state index contributed by atoms with van der Waals surface area (Å²) in [5.74, 6) is -0.347. The summed E-state index contributed by atoms with van der Waals surface area (Å²) >= 11 is 0. The summed E-state index contributed by atoms with van der Waals surface area (Å²) in [6.45, 7) is 1.64. The Morgan fingerprint density at radius 3 is 2.71 bits per heavy atom. The lowest BCUT2D eigenvalue weighted by atomic mass is 10.1. The van der Waals surface area contributed by atoms with Crippen LogP contribution < -0.4 is 5.32 Å². The van der Waals surface area contributed by atoms with Crippen LogP contribution in [0.15, 0.2) is 59.2 Å². The number of esters is 1. The molecule has 1 aromatic carbocycles. The van der Waals surface area contributed by atoms with Gasteiger partial charge < -0.3 is 14.5 Å². The third kappa shape index (κ3) is 6.52. The molecule has 1 aromatic heterocycles. The molecule has 1 heterocycles. The van der Waals surface area contributed by atoms with Gasteiger partial charge in [0.25, 0.3) is 5.91 Å². The molecule has 1 amide bonds. The minimum Gasteiger partial charge on any atom is -0.465 e. The second-order valence-electron chi connectivity index (χ2n) is 5.45. The van der Waals surface area contributed by atoms with E-state index >= 15 is 0 Å². The van der Waals surface area contributed by atoms with E-state index in [2.05, 4.69) is 17.4 Å². The van der Waals surface area contributed by atoms with E-state index < -0.39 is 5.97 Å². The average molecular weight is 327 g/mol. The molecule has 0 aliphatic carbocycles. The SMILES string of the molecule is CC(CCc1ccccc1)NC(=O)COC(=O)/C=C/c1ccco1. The van der Waals surface area contributed by atoms with Crippen molar-refractivity contribution < 1.29 is 18.7 Å². The molecule has 5 nitrogen and oxygen atoms in total. The molecule has 2 aromatic rings. The first-order chi connectivity index (χ1) is 11.6. The number of hydrogen-bond acceptors (Lipinski definition) is 4. The standard InChI is InChI=1S/C19H21NO4/c1-15(9-10-16-6-3-2-4-7-16)20-18(21)14-24-19(22)12-11-17-8-5-13-23-17/h2-8,11-13,15H,9-10,14H2,1H3,(H,20,21)/b12-11+. The first kappa shape index (κ1) is 17.5. The number of benzene rings is 1. The van der Waals surface area contributed by atoms with Crippen LogP contribution in [0.2, 0.25) is 0 Å². The maximum atomic E-state index is 11.8. The first-order valence-corrected chi connectivity index (χ1v) is 7.85. The Balaban J connectivity index is 1.64. The fraction of sp³-hybridized carbons (Fsp3) is 0.263. The third-order valence-corrected chi connectivity index (χ3v) is 3.39. The van der Waals surface area contributed by atoms with Crippen LogP contribution >= 0.6 is 0 Å². The fourth-order valence-corrected chi connectivity index (χ4v) is 2.14. The van der Waals surface area contributed by atoms with Crippen molar-refractivity contribution in [3.8, 4) is 0 Å². The minimum atomic E-state index is -0.585. The van der Waals surface area contributed by atoms with Crippen molar-refractivity contribution in [3.05, 3.63) is 66.1 Å². The molecule has 126 valence electrons. The molecule has 0 spiro atoms. The number of amides is 1. The summed E-state index contributed by atoms with van der Waals surface area (Å²) in [6, 6.07) is 13.5. The molecular weight excluding hydrogens is 306 g/mol. The van der Waals surface area contributed by atoms with E-state index in [-0.39, 0.29) is 18.6 Å². The molecule has 0 radical (unpaired) electrons. The molecule has 1 N–H and O–H groups in total. The number of nitrogens with one attached hydrogen (secondary N) is 1. The van der Waals surface area contributed by atoms with Crippen LogP contribution in [-0.4, -0.2) is 24.5 Å². The highest BCUT2D eigenvalue weighted by Crippen LogP contribution is 2.05. The number of aryl methyl sites for hydroxylation is 1. The molecule has 0 fully saturated rings. The topological polar surface area (TPSA) is 68.5 Å². The summed E-state index contributed by atoms with van der Waals surface area (Å²) < 4.78 is 9.94. The van der Waals surface area contributed by atoms with Gasteiger partial charge in [-0.1, -0.05) is 30.3 Å². The molecule has 1 unspecified atom stereocenters. The van der Waals surface area contributed by atoms with E-state index in [1.165, 1.54) is 24.0 Å². The highest BCUT2D eigenvalue weighted by molar-refractivity contribution is 5.88. The number of furan rings is 1. The van der Waals surface area contributed by atoms with Crippen LogP contribution in [0.5, 0.6) is 0 Å². The smallest absolute Gasteiger partial charge is 0.331 e. The molecule has 0 aliphatic heterocycles. The Morgan fingerprint density at radius 1 is 1.21 bits per heavy atom. The Hall–Kier alpha value is -2.82. The lowest BCUT2D eigenvalue weighted by molar-refractivity contribution is -0.144. The van der Waals surface area contributed by atoms with Gasteiger partial charge >= 0.3 is 5.97 Å². The molecule has 0 saturated heterocycles. The van der Waals surface area contributed by atoms with E-state index in [0.717, 1.165) is 12.8 Å². The predicted molar refractivity (Wildman–Crippen MR) is 91.1 cm³/mol. The first-order valence-electron chi connectivity index (χ1n) is 7.85. The van der Waals surface area contributed by atoms with Gasteiger partial charge in [0, 0.05) is 12.1 Å². The van der Waals surface area contributed by atoms with E-state index in [4.69, 9.17) is 9.15 Å². The van der Waals surface area contributed by atoms with Gasteiger partial charge in [0.1, 0.15) is 5.76 Å². The number of carbonyl (C=O) groups is 2. The van der Waals surface area contributed by atoms with Crippen molar-refractivity contribution in [1.29, 1.82) is 0 Å². The summed E-state index contributed by atoms with van der Waals surface area (Å²) in [5.41, 5.74) is 1.23. The zero-order valence-electron chi connectivity index (χ0n) is 13.6. The second kappa shape index (κ2) is 9.35. The Morgan fingerprint density at radius 2 is 2.00 bits per heavy atom. The monoisotopic (exact) mass is 327 g/mol. The highest BCUT2D eigenvalue weighted by Gasteiger charge is 2.09. The number of ether oxygens (including phenoxy) is 1. The molecule has 2 rings (SSSR count). The molecule has 24 heavy (non-hydrogen) atoms. The Labute approximate surface area is 141 Å². The van der Waals surface area contributed by atoms with Crippen molar-refractivity contribution in [3.63, 3.8) is 0 Å². The van der Waals surface area contributed by atoms with Crippen LogP contribution in [-0.2, 0) is 20.7 Å². The fourth-order valence-electron chi connectivity index (χ4n) is 2.14. The molecular formula is C19H21NO4. The van der Waals surface area contributed by atoms with Crippen LogP contribution in [0, 0.1) is 0 Å². The number of carbonyl (C=O) groups excluding carboxylic acids is 2. The zero-order chi connectivity index (χ0) is 17.2. The van der Waals surface area contributed by atoms with E-state index in [1.54, 1.807) is 12.1 Å². The van der Waals surface area contributed by atoms with Gasteiger partial charge in [-0.05, 0) is 43.5 Å². The van der Waals surface area contributed by atoms with E-state index in [1.807, 2.05) is 25.1 Å². The molecule has 1 atom stereocenters. The van der Waals surface area contributed by atoms with Gasteiger partial charge in [0.15, 0.2) is 6.61 Å². The quantitative estimate of drug-likeness (QED) is 0.598. The lowest BCUT2D eigenvalue weighted by Gasteiger charge is -2.13. The minimum absolute atomic E-state index is 0.00932. The van der Waals surface area contributed by atoms with Crippen molar-refractivity contribution in [2.75, 3.05) is 6.61 Å². The molecule has 5 heteroatoms. The maximum Gasteiger partial charge on any atom is 0.331 e. The van der Waals surface area contributed by atoms with Gasteiger partial charge in [-0.25, -0.2) is 4.79 Å². The summed E-state index contributed by atoms with van der Waals surface area (Å²) in [4.78, 5) is 23.3. The van der Waals surface area contributed by atoms with Gasteiger partial charge in [0.05, 0.1) is 6.26 Å². The number of rotatable bonds is 8. The second-order valence-corrected chi connectivity index (χ2v) is 5.45. The lowest BCUT2D eigenvalue weighted by Crippen LogP contribution is -2.36. The number of hydrogen-bond donors (Lipinski definition) is 1. The van der Waals surface area contributed by atoms with Crippen LogP contribution in [0.4, 0.5) is 0 Å². The average Bonchev–Trinajstić information content (AvgIpc) is 3.11. The molecule has 0 bridgehead atoms. The van der Waals surface area contributed by atoms with Crippen LogP contribution in [0.25, 0.3) is 6.08 Å². The van der Waals surface area contributed by atoms with Gasteiger partial charge in [-0.2, -0.15) is 0 Å². The predicted octanol–water partition coefficient (Wildman–Crippen LogP) is 2.97. The Bertz CT molecular complexity index is 662. The van der Waals surface area contributed by atoms with E-state index in [0.29, 0.717) is 5.76 Å². The van der Waals surface area contributed by atoms with Crippen LogP contribution in [0.3, 0.4) is 0 Å². The summed E-state index contributed by atoms with van der Waals surface area (Å²) in [5, 5.41) is 2.82. The largest absolute Gasteiger partial charge is 0.465 e. The van der Waals surface area contributed by atoms with Crippen molar-refractivity contribution in [2.24, 2.45) is 0 Å². The summed E-state index contributed by atoms with van der Waals surface area (Å²) in [7, 11) is 0. The molecule has 0 aliphatic rings. The summed E-state index contributed by atoms with van der Waals surface area (Å²) in [6.07, 6.45) is 5.93. The van der Waals surface area contributed by atoms with Gasteiger partial charge in [-0.15, -0.1) is 0 Å².